The zero-order valence-electron chi connectivity index (χ0n) is 12.4. The number of fused-ring (bicyclic) bond motifs is 1. The van der Waals surface area contributed by atoms with Crippen LogP contribution in [0.15, 0.2) is 53.4 Å². The lowest BCUT2D eigenvalue weighted by molar-refractivity contribution is -0.383. The first-order valence-electron chi connectivity index (χ1n) is 7.00. The largest absolute Gasteiger partial charge is 0.467 e. The number of furan rings is 1. The first kappa shape index (κ1) is 15.0. The molecule has 1 aromatic carbocycles. The number of pyridine rings is 1. The molecule has 0 bridgehead atoms. The number of benzene rings is 1. The maximum absolute atomic E-state index is 11.2. The molecular formula is C16H15N3O4. The monoisotopic (exact) mass is 313 g/mol. The Balaban J connectivity index is 2.03. The standard InChI is InChI=1S/C16H15N3O4/c1-22-10-14(16-3-2-8-23-16)18-13-4-5-15(19(20)21)12-9-17-7-6-11(12)13/h2-9,14,18H,10H2,1H3. The summed E-state index contributed by atoms with van der Waals surface area (Å²) in [5, 5.41) is 15.7. The molecule has 0 radical (unpaired) electrons. The third-order valence-electron chi connectivity index (χ3n) is 3.54. The van der Waals surface area contributed by atoms with E-state index in [2.05, 4.69) is 10.3 Å². The highest BCUT2D eigenvalue weighted by molar-refractivity contribution is 5.99. The van der Waals surface area contributed by atoms with E-state index < -0.39 is 4.92 Å². The molecule has 2 heterocycles. The van der Waals surface area contributed by atoms with Crippen LogP contribution < -0.4 is 5.32 Å². The number of methoxy groups -OCH3 is 1. The van der Waals surface area contributed by atoms with Gasteiger partial charge < -0.3 is 14.5 Å². The average Bonchev–Trinajstić information content (AvgIpc) is 3.08. The van der Waals surface area contributed by atoms with Crippen LogP contribution in [0.3, 0.4) is 0 Å². The van der Waals surface area contributed by atoms with Crippen LogP contribution in [0.5, 0.6) is 0 Å². The van der Waals surface area contributed by atoms with Gasteiger partial charge in [-0.15, -0.1) is 0 Å². The Bertz CT molecular complexity index is 817. The van der Waals surface area contributed by atoms with Crippen molar-refractivity contribution >= 4 is 22.1 Å². The van der Waals surface area contributed by atoms with E-state index in [0.717, 1.165) is 16.8 Å². The number of aromatic nitrogens is 1. The van der Waals surface area contributed by atoms with Crippen LogP contribution >= 0.6 is 0 Å². The molecular weight excluding hydrogens is 298 g/mol. The van der Waals surface area contributed by atoms with Crippen molar-refractivity contribution in [2.75, 3.05) is 19.0 Å². The molecule has 1 unspecified atom stereocenters. The minimum absolute atomic E-state index is 0.0277. The first-order valence-corrected chi connectivity index (χ1v) is 7.00. The second-order valence-corrected chi connectivity index (χ2v) is 4.98. The summed E-state index contributed by atoms with van der Waals surface area (Å²) in [5.74, 6) is 0.729. The Hall–Kier alpha value is -2.93. The maximum atomic E-state index is 11.2. The van der Waals surface area contributed by atoms with Crippen LogP contribution in [0.2, 0.25) is 0 Å². The second-order valence-electron chi connectivity index (χ2n) is 4.98. The van der Waals surface area contributed by atoms with Gasteiger partial charge in [0, 0.05) is 36.6 Å². The van der Waals surface area contributed by atoms with E-state index in [1.165, 1.54) is 12.3 Å². The summed E-state index contributed by atoms with van der Waals surface area (Å²) in [6.45, 7) is 0.400. The van der Waals surface area contributed by atoms with E-state index in [0.29, 0.717) is 12.0 Å². The highest BCUT2D eigenvalue weighted by Crippen LogP contribution is 2.32. The SMILES string of the molecule is COCC(Nc1ccc([N+](=O)[O-])c2cnccc12)c1ccco1. The lowest BCUT2D eigenvalue weighted by Gasteiger charge is -2.18. The number of non-ortho nitro benzene ring substituents is 1. The highest BCUT2D eigenvalue weighted by Gasteiger charge is 2.18. The molecule has 0 saturated carbocycles. The fourth-order valence-electron chi connectivity index (χ4n) is 2.50. The van der Waals surface area contributed by atoms with Crippen molar-refractivity contribution in [2.24, 2.45) is 0 Å². The molecule has 0 aliphatic heterocycles. The third-order valence-corrected chi connectivity index (χ3v) is 3.54. The van der Waals surface area contributed by atoms with E-state index >= 15 is 0 Å². The second kappa shape index (κ2) is 6.45. The minimum atomic E-state index is -0.410. The molecule has 0 aliphatic rings. The highest BCUT2D eigenvalue weighted by atomic mass is 16.6. The molecule has 0 fully saturated rings. The van der Waals surface area contributed by atoms with Gasteiger partial charge in [0.15, 0.2) is 0 Å². The molecule has 0 aliphatic carbocycles. The number of nitrogens with zero attached hydrogens (tertiary/aromatic N) is 2. The van der Waals surface area contributed by atoms with Crippen molar-refractivity contribution in [1.29, 1.82) is 0 Å². The summed E-state index contributed by atoms with van der Waals surface area (Å²) in [6.07, 6.45) is 4.70. The lowest BCUT2D eigenvalue weighted by atomic mass is 10.1. The minimum Gasteiger partial charge on any atom is -0.467 e. The molecule has 7 nitrogen and oxygen atoms in total. The van der Waals surface area contributed by atoms with Crippen molar-refractivity contribution in [3.8, 4) is 0 Å². The number of hydrogen-bond acceptors (Lipinski definition) is 6. The zero-order chi connectivity index (χ0) is 16.2. The molecule has 0 saturated heterocycles. The quantitative estimate of drug-likeness (QED) is 0.553. The van der Waals surface area contributed by atoms with Crippen molar-refractivity contribution in [3.05, 3.63) is 64.9 Å². The van der Waals surface area contributed by atoms with Crippen LogP contribution in [-0.2, 0) is 4.74 Å². The molecule has 2 aromatic heterocycles. The molecule has 0 spiro atoms. The van der Waals surface area contributed by atoms with Crippen molar-refractivity contribution in [1.82, 2.24) is 4.98 Å². The molecule has 3 rings (SSSR count). The van der Waals surface area contributed by atoms with Crippen LogP contribution in [0.4, 0.5) is 11.4 Å². The molecule has 118 valence electrons. The van der Waals surface area contributed by atoms with E-state index in [1.807, 2.05) is 6.07 Å². The van der Waals surface area contributed by atoms with Gasteiger partial charge >= 0.3 is 0 Å². The molecule has 1 N–H and O–H groups in total. The van der Waals surface area contributed by atoms with Crippen LogP contribution in [0.1, 0.15) is 11.8 Å². The zero-order valence-corrected chi connectivity index (χ0v) is 12.4. The maximum Gasteiger partial charge on any atom is 0.278 e. The molecule has 23 heavy (non-hydrogen) atoms. The van der Waals surface area contributed by atoms with Gasteiger partial charge in [0.05, 0.1) is 23.2 Å². The summed E-state index contributed by atoms with van der Waals surface area (Å²) in [4.78, 5) is 14.7. The molecule has 7 heteroatoms. The number of hydrogen-bond donors (Lipinski definition) is 1. The predicted molar refractivity (Wildman–Crippen MR) is 85.3 cm³/mol. The number of nitro benzene ring substituents is 1. The van der Waals surface area contributed by atoms with E-state index in [1.54, 1.807) is 37.8 Å². The Labute approximate surface area is 132 Å². The number of nitro groups is 1. The van der Waals surface area contributed by atoms with Gasteiger partial charge in [-0.25, -0.2) is 0 Å². The first-order chi connectivity index (χ1) is 11.2. The summed E-state index contributed by atoms with van der Waals surface area (Å²) >= 11 is 0. The van der Waals surface area contributed by atoms with Gasteiger partial charge in [-0.05, 0) is 24.3 Å². The summed E-state index contributed by atoms with van der Waals surface area (Å²) in [6, 6.07) is 8.36. The van der Waals surface area contributed by atoms with Gasteiger partial charge in [0.2, 0.25) is 0 Å². The van der Waals surface area contributed by atoms with Crippen molar-refractivity contribution < 1.29 is 14.1 Å². The van der Waals surface area contributed by atoms with Crippen LogP contribution in [-0.4, -0.2) is 23.6 Å². The number of ether oxygens (including phenoxy) is 1. The number of anilines is 1. The predicted octanol–water partition coefficient (Wildman–Crippen LogP) is 3.54. The van der Waals surface area contributed by atoms with Gasteiger partial charge in [-0.2, -0.15) is 0 Å². The van der Waals surface area contributed by atoms with E-state index in [-0.39, 0.29) is 11.7 Å². The Morgan fingerprint density at radius 3 is 2.91 bits per heavy atom. The van der Waals surface area contributed by atoms with Gasteiger partial charge in [0.1, 0.15) is 11.8 Å². The molecule has 3 aromatic rings. The fourth-order valence-corrected chi connectivity index (χ4v) is 2.50. The van der Waals surface area contributed by atoms with E-state index in [4.69, 9.17) is 9.15 Å². The van der Waals surface area contributed by atoms with Gasteiger partial charge in [-0.3, -0.25) is 15.1 Å². The number of nitrogens with one attached hydrogen (secondary N) is 1. The Kier molecular flexibility index (Phi) is 4.20. The van der Waals surface area contributed by atoms with Crippen LogP contribution in [0, 0.1) is 10.1 Å². The molecule has 0 amide bonds. The number of rotatable bonds is 6. The van der Waals surface area contributed by atoms with Crippen molar-refractivity contribution in [3.63, 3.8) is 0 Å². The normalized spacial score (nSPS) is 12.2. The summed E-state index contributed by atoms with van der Waals surface area (Å²) in [5.41, 5.74) is 0.784. The summed E-state index contributed by atoms with van der Waals surface area (Å²) in [7, 11) is 1.61. The average molecular weight is 313 g/mol. The summed E-state index contributed by atoms with van der Waals surface area (Å²) < 4.78 is 10.7. The topological polar surface area (TPSA) is 90.4 Å². The van der Waals surface area contributed by atoms with Crippen LogP contribution in [0.25, 0.3) is 10.8 Å². The lowest BCUT2D eigenvalue weighted by Crippen LogP contribution is -2.15. The third kappa shape index (κ3) is 3.00. The van der Waals surface area contributed by atoms with Crippen molar-refractivity contribution in [2.45, 2.75) is 6.04 Å². The van der Waals surface area contributed by atoms with Gasteiger partial charge in [0.25, 0.3) is 5.69 Å². The van der Waals surface area contributed by atoms with Gasteiger partial charge in [-0.1, -0.05) is 0 Å². The fraction of sp³-hybridized carbons (Fsp3) is 0.188. The van der Waals surface area contributed by atoms with E-state index in [9.17, 15) is 10.1 Å². The Morgan fingerprint density at radius 1 is 1.35 bits per heavy atom. The molecule has 1 atom stereocenters. The smallest absolute Gasteiger partial charge is 0.278 e. The Morgan fingerprint density at radius 2 is 2.22 bits per heavy atom.